The van der Waals surface area contributed by atoms with E-state index in [-0.39, 0.29) is 31.2 Å². The zero-order valence-electron chi connectivity index (χ0n) is 18.3. The van der Waals surface area contributed by atoms with E-state index < -0.39 is 54.7 Å². The number of hydrogen-bond donors (Lipinski definition) is 2. The lowest BCUT2D eigenvalue weighted by Crippen LogP contribution is -2.45. The normalized spacial score (nSPS) is 16.2. The number of halogens is 3. The van der Waals surface area contributed by atoms with Crippen molar-refractivity contribution >= 4 is 23.3 Å². The minimum absolute atomic E-state index is 0.00285. The van der Waals surface area contributed by atoms with Crippen LogP contribution in [0.15, 0.2) is 39.9 Å². The summed E-state index contributed by atoms with van der Waals surface area (Å²) in [6.45, 7) is -2.13. The number of nitrogen functional groups attached to an aromatic ring is 1. The van der Waals surface area contributed by atoms with E-state index in [9.17, 15) is 32.3 Å². The van der Waals surface area contributed by atoms with E-state index in [1.54, 1.807) is 30.3 Å². The molecule has 184 valence electrons. The van der Waals surface area contributed by atoms with Crippen molar-refractivity contribution in [3.63, 3.8) is 0 Å². The van der Waals surface area contributed by atoms with Gasteiger partial charge in [-0.25, -0.2) is 4.79 Å². The molecule has 13 heteroatoms. The Morgan fingerprint density at radius 1 is 1.24 bits per heavy atom. The van der Waals surface area contributed by atoms with E-state index in [1.807, 2.05) is 0 Å². The highest BCUT2D eigenvalue weighted by atomic mass is 19.4. The van der Waals surface area contributed by atoms with Gasteiger partial charge in [0.05, 0.1) is 19.1 Å². The lowest BCUT2D eigenvalue weighted by molar-refractivity contribution is -0.157. The Kier molecular flexibility index (Phi) is 7.44. The van der Waals surface area contributed by atoms with Crippen LogP contribution in [-0.2, 0) is 20.9 Å². The molecule has 0 saturated carbocycles. The summed E-state index contributed by atoms with van der Waals surface area (Å²) >= 11 is 0. The van der Waals surface area contributed by atoms with Crippen LogP contribution in [0.3, 0.4) is 0 Å². The number of likely N-dealkylation sites (tertiary alicyclic amines) is 1. The highest BCUT2D eigenvalue weighted by Crippen LogP contribution is 2.27. The Morgan fingerprint density at radius 2 is 1.91 bits per heavy atom. The smallest absolute Gasteiger partial charge is 0.383 e. The molecule has 3 N–H and O–H groups in total. The molecule has 0 aliphatic carbocycles. The number of nitrogens with one attached hydrogen (secondary N) is 1. The predicted octanol–water partition coefficient (Wildman–Crippen LogP) is 0.557. The Morgan fingerprint density at radius 3 is 2.53 bits per heavy atom. The summed E-state index contributed by atoms with van der Waals surface area (Å²) in [5.41, 5.74) is 4.80. The average Bonchev–Trinajstić information content (AvgIpc) is 3.12. The fourth-order valence-electron chi connectivity index (χ4n) is 3.80. The summed E-state index contributed by atoms with van der Waals surface area (Å²) in [4.78, 5) is 54.1. The molecule has 2 amide bonds. The minimum Gasteiger partial charge on any atom is -0.383 e. The average molecular weight is 483 g/mol. The van der Waals surface area contributed by atoms with E-state index in [0.717, 1.165) is 9.47 Å². The molecule has 1 aliphatic heterocycles. The second-order valence-corrected chi connectivity index (χ2v) is 7.84. The van der Waals surface area contributed by atoms with Crippen LogP contribution in [-0.4, -0.2) is 65.8 Å². The molecule has 3 rings (SSSR count). The van der Waals surface area contributed by atoms with Crippen LogP contribution < -0.4 is 21.9 Å². The van der Waals surface area contributed by atoms with Gasteiger partial charge in [-0.1, -0.05) is 30.3 Å². The Hall–Kier alpha value is -3.61. The molecule has 1 aromatic carbocycles. The Labute approximate surface area is 191 Å². The minimum atomic E-state index is -4.61. The molecule has 34 heavy (non-hydrogen) atoms. The summed E-state index contributed by atoms with van der Waals surface area (Å²) < 4.78 is 44.4. The number of amides is 2. The number of aromatic nitrogens is 2. The molecule has 1 saturated heterocycles. The topological polar surface area (TPSA) is 131 Å². The summed E-state index contributed by atoms with van der Waals surface area (Å²) in [7, 11) is 1.36. The molecule has 1 unspecified atom stereocenters. The van der Waals surface area contributed by atoms with E-state index >= 15 is 0 Å². The number of benzene rings is 1. The molecule has 1 atom stereocenters. The van der Waals surface area contributed by atoms with Crippen molar-refractivity contribution in [3.8, 4) is 0 Å². The van der Waals surface area contributed by atoms with Gasteiger partial charge in [-0.15, -0.1) is 0 Å². The van der Waals surface area contributed by atoms with Crippen molar-refractivity contribution in [2.45, 2.75) is 19.1 Å². The lowest BCUT2D eigenvalue weighted by Gasteiger charge is -2.26. The third-order valence-corrected chi connectivity index (χ3v) is 5.39. The SMILES string of the molecule is COCCN(C(=O)C1CC(=O)N(CC(F)(F)F)C1)c1c(N)n(Cc2ccccc2)c(=O)[nH]c1=O. The number of carbonyl (C=O) groups excluding carboxylic acids is 2. The Bertz CT molecular complexity index is 1160. The lowest BCUT2D eigenvalue weighted by atomic mass is 10.1. The number of hydrogen-bond acceptors (Lipinski definition) is 6. The van der Waals surface area contributed by atoms with Crippen LogP contribution in [0.4, 0.5) is 24.7 Å². The maximum atomic E-state index is 13.3. The summed E-state index contributed by atoms with van der Waals surface area (Å²) in [6, 6.07) is 8.76. The van der Waals surface area contributed by atoms with Crippen molar-refractivity contribution in [2.24, 2.45) is 5.92 Å². The molecule has 10 nitrogen and oxygen atoms in total. The number of alkyl halides is 3. The van der Waals surface area contributed by atoms with Crippen molar-refractivity contribution in [2.75, 3.05) is 44.0 Å². The molecule has 1 fully saturated rings. The number of anilines is 2. The number of carbonyl (C=O) groups is 2. The first-order chi connectivity index (χ1) is 16.0. The fourth-order valence-corrected chi connectivity index (χ4v) is 3.80. The molecular formula is C21H24F3N5O5. The van der Waals surface area contributed by atoms with Crippen molar-refractivity contribution in [3.05, 3.63) is 56.7 Å². The maximum Gasteiger partial charge on any atom is 0.406 e. The van der Waals surface area contributed by atoms with Gasteiger partial charge in [0, 0.05) is 26.6 Å². The standard InChI is InChI=1S/C21H24F3N5O5/c1-34-8-7-28(19(32)14-9-15(30)27(11-14)12-21(22,23)24)16-17(25)29(20(33)26-18(16)31)10-13-5-3-2-4-6-13/h2-6,14H,7-12,25H2,1H3,(H,26,31,33). The van der Waals surface area contributed by atoms with E-state index in [4.69, 9.17) is 10.5 Å². The van der Waals surface area contributed by atoms with Gasteiger partial charge in [0.25, 0.3) is 5.56 Å². The monoisotopic (exact) mass is 483 g/mol. The molecule has 2 heterocycles. The van der Waals surface area contributed by atoms with Crippen LogP contribution in [0.25, 0.3) is 0 Å². The maximum absolute atomic E-state index is 13.3. The van der Waals surface area contributed by atoms with Crippen molar-refractivity contribution in [1.82, 2.24) is 14.5 Å². The number of H-pyrrole nitrogens is 1. The van der Waals surface area contributed by atoms with Crippen LogP contribution in [0.5, 0.6) is 0 Å². The van der Waals surface area contributed by atoms with Gasteiger partial charge in [0.15, 0.2) is 5.69 Å². The molecule has 1 aliphatic rings. The third kappa shape index (κ3) is 5.65. The number of ether oxygens (including phenoxy) is 1. The fraction of sp³-hybridized carbons (Fsp3) is 0.429. The molecule has 2 aromatic rings. The number of nitrogens with two attached hydrogens (primary N) is 1. The summed E-state index contributed by atoms with van der Waals surface area (Å²) in [5, 5.41) is 0. The van der Waals surface area contributed by atoms with E-state index in [2.05, 4.69) is 4.98 Å². The van der Waals surface area contributed by atoms with Gasteiger partial charge in [-0.2, -0.15) is 13.2 Å². The van der Waals surface area contributed by atoms with E-state index in [0.29, 0.717) is 10.5 Å². The largest absolute Gasteiger partial charge is 0.406 e. The number of methoxy groups -OCH3 is 1. The van der Waals surface area contributed by atoms with Gasteiger partial charge in [-0.3, -0.25) is 23.9 Å². The Balaban J connectivity index is 1.97. The van der Waals surface area contributed by atoms with Crippen molar-refractivity contribution < 1.29 is 27.5 Å². The molecule has 0 bridgehead atoms. The van der Waals surface area contributed by atoms with Crippen LogP contribution in [0, 0.1) is 5.92 Å². The van der Waals surface area contributed by atoms with Crippen LogP contribution in [0.2, 0.25) is 0 Å². The van der Waals surface area contributed by atoms with Crippen LogP contribution in [0.1, 0.15) is 12.0 Å². The first-order valence-electron chi connectivity index (χ1n) is 10.3. The van der Waals surface area contributed by atoms with E-state index in [1.165, 1.54) is 7.11 Å². The predicted molar refractivity (Wildman–Crippen MR) is 116 cm³/mol. The second-order valence-electron chi connectivity index (χ2n) is 7.84. The van der Waals surface area contributed by atoms with Gasteiger partial charge >= 0.3 is 11.9 Å². The summed E-state index contributed by atoms with van der Waals surface area (Å²) in [6.07, 6.45) is -5.06. The highest BCUT2D eigenvalue weighted by Gasteiger charge is 2.42. The first kappa shape index (κ1) is 25.0. The van der Waals surface area contributed by atoms with Gasteiger partial charge < -0.3 is 20.3 Å². The number of rotatable bonds is 8. The second kappa shape index (κ2) is 10.1. The van der Waals surface area contributed by atoms with Gasteiger partial charge in [0.1, 0.15) is 12.4 Å². The third-order valence-electron chi connectivity index (χ3n) is 5.39. The molecule has 1 aromatic heterocycles. The van der Waals surface area contributed by atoms with Crippen LogP contribution >= 0.6 is 0 Å². The zero-order chi connectivity index (χ0) is 25.0. The van der Waals surface area contributed by atoms with Gasteiger partial charge in [0.2, 0.25) is 11.8 Å². The van der Waals surface area contributed by atoms with Gasteiger partial charge in [-0.05, 0) is 5.56 Å². The highest BCUT2D eigenvalue weighted by molar-refractivity contribution is 6.00. The zero-order valence-corrected chi connectivity index (χ0v) is 18.3. The molecular weight excluding hydrogens is 459 g/mol. The van der Waals surface area contributed by atoms with Crippen molar-refractivity contribution in [1.29, 1.82) is 0 Å². The first-order valence-corrected chi connectivity index (χ1v) is 10.3. The summed E-state index contributed by atoms with van der Waals surface area (Å²) in [5.74, 6) is -3.01. The quantitative estimate of drug-likeness (QED) is 0.564. The molecule has 0 radical (unpaired) electrons. The number of aromatic amines is 1. The molecule has 0 spiro atoms. The number of nitrogens with zero attached hydrogens (tertiary/aromatic N) is 3.